The average molecular weight is 392 g/mol. The van der Waals surface area contributed by atoms with Gasteiger partial charge in [0.2, 0.25) is 0 Å². The number of nitrogens with one attached hydrogen (secondary N) is 2. The van der Waals surface area contributed by atoms with E-state index < -0.39 is 45.0 Å². The van der Waals surface area contributed by atoms with Crippen molar-refractivity contribution in [2.75, 3.05) is 6.61 Å². The van der Waals surface area contributed by atoms with E-state index in [1.807, 2.05) is 0 Å². The molecule has 0 aliphatic heterocycles. The summed E-state index contributed by atoms with van der Waals surface area (Å²) in [4.78, 5) is 12.1. The predicted molar refractivity (Wildman–Crippen MR) is 81.8 cm³/mol. The number of benzene rings is 2. The molecule has 0 fully saturated rings. The second kappa shape index (κ2) is 7.70. The van der Waals surface area contributed by atoms with Gasteiger partial charge in [-0.25, -0.2) is 12.8 Å². The van der Waals surface area contributed by atoms with Crippen molar-refractivity contribution in [2.45, 2.75) is 11.1 Å². The van der Waals surface area contributed by atoms with Crippen LogP contribution in [0, 0.1) is 5.82 Å². The van der Waals surface area contributed by atoms with Gasteiger partial charge in [-0.15, -0.1) is 4.83 Å². The van der Waals surface area contributed by atoms with Crippen LogP contribution in [0.1, 0.15) is 5.56 Å². The smallest absolute Gasteiger partial charge is 0.417 e. The molecular weight excluding hydrogens is 380 g/mol. The zero-order chi connectivity index (χ0) is 19.4. The van der Waals surface area contributed by atoms with Gasteiger partial charge in [0.15, 0.2) is 6.61 Å². The van der Waals surface area contributed by atoms with Crippen LogP contribution >= 0.6 is 0 Å². The molecule has 2 aromatic rings. The van der Waals surface area contributed by atoms with Crippen LogP contribution in [0.15, 0.2) is 53.4 Å². The highest BCUT2D eigenvalue weighted by Gasteiger charge is 2.36. The van der Waals surface area contributed by atoms with Gasteiger partial charge in [0, 0.05) is 6.07 Å². The van der Waals surface area contributed by atoms with E-state index in [9.17, 15) is 30.8 Å². The maximum absolute atomic E-state index is 13.0. The summed E-state index contributed by atoms with van der Waals surface area (Å²) in [5.41, 5.74) is 0.345. The molecular formula is C15H12F4N2O4S. The van der Waals surface area contributed by atoms with Crippen LogP contribution in [-0.4, -0.2) is 20.9 Å². The van der Waals surface area contributed by atoms with Crippen molar-refractivity contribution in [3.63, 3.8) is 0 Å². The highest BCUT2D eigenvalue weighted by atomic mass is 32.2. The number of carbonyl (C=O) groups is 1. The Balaban J connectivity index is 2.01. The number of rotatable bonds is 6. The van der Waals surface area contributed by atoms with Crippen LogP contribution in [0.5, 0.6) is 5.75 Å². The highest BCUT2D eigenvalue weighted by molar-refractivity contribution is 7.89. The van der Waals surface area contributed by atoms with Gasteiger partial charge in [0.25, 0.3) is 15.9 Å². The molecule has 2 aromatic carbocycles. The molecule has 2 rings (SSSR count). The van der Waals surface area contributed by atoms with Gasteiger partial charge in [-0.3, -0.25) is 10.2 Å². The average Bonchev–Trinajstić information content (AvgIpc) is 2.57. The molecule has 0 bridgehead atoms. The van der Waals surface area contributed by atoms with Gasteiger partial charge < -0.3 is 4.74 Å². The Bertz CT molecular complexity index is 901. The number of amides is 1. The van der Waals surface area contributed by atoms with Crippen LogP contribution in [0.2, 0.25) is 0 Å². The summed E-state index contributed by atoms with van der Waals surface area (Å²) in [6.07, 6.45) is -4.89. The second-order valence-electron chi connectivity index (χ2n) is 4.89. The van der Waals surface area contributed by atoms with Crippen LogP contribution in [0.25, 0.3) is 0 Å². The van der Waals surface area contributed by atoms with Gasteiger partial charge in [0.1, 0.15) is 11.6 Å². The fraction of sp³-hybridized carbons (Fsp3) is 0.133. The molecule has 0 saturated heterocycles. The van der Waals surface area contributed by atoms with E-state index in [2.05, 4.69) is 0 Å². The zero-order valence-electron chi connectivity index (χ0n) is 12.9. The fourth-order valence-electron chi connectivity index (χ4n) is 1.86. The van der Waals surface area contributed by atoms with Crippen LogP contribution in [-0.2, 0) is 21.0 Å². The van der Waals surface area contributed by atoms with E-state index in [0.717, 1.165) is 30.3 Å². The van der Waals surface area contributed by atoms with E-state index >= 15 is 0 Å². The fourth-order valence-corrected chi connectivity index (χ4v) is 2.95. The molecule has 0 heterocycles. The molecule has 11 heteroatoms. The van der Waals surface area contributed by atoms with Crippen molar-refractivity contribution in [1.29, 1.82) is 0 Å². The summed E-state index contributed by atoms with van der Waals surface area (Å²) in [5.74, 6) is -1.58. The Hall–Kier alpha value is -2.66. The number of sulfonamides is 1. The van der Waals surface area contributed by atoms with Gasteiger partial charge in [0.05, 0.1) is 10.5 Å². The highest BCUT2D eigenvalue weighted by Crippen LogP contribution is 2.33. The number of carbonyl (C=O) groups excluding carboxylic acids is 1. The molecule has 0 aromatic heterocycles. The summed E-state index contributed by atoms with van der Waals surface area (Å²) in [7, 11) is -4.68. The molecule has 0 saturated carbocycles. The first kappa shape index (κ1) is 19.7. The van der Waals surface area contributed by atoms with Crippen molar-refractivity contribution in [1.82, 2.24) is 10.3 Å². The lowest BCUT2D eigenvalue weighted by Crippen LogP contribution is -2.44. The van der Waals surface area contributed by atoms with Crippen molar-refractivity contribution in [3.8, 4) is 5.75 Å². The Labute approximate surface area is 145 Å². The molecule has 0 atom stereocenters. The largest absolute Gasteiger partial charge is 0.484 e. The minimum absolute atomic E-state index is 0.0189. The Morgan fingerprint density at radius 2 is 1.77 bits per heavy atom. The molecule has 1 amide bonds. The van der Waals surface area contributed by atoms with Crippen molar-refractivity contribution in [3.05, 3.63) is 59.9 Å². The Morgan fingerprint density at radius 1 is 1.08 bits per heavy atom. The van der Waals surface area contributed by atoms with Crippen LogP contribution in [0.3, 0.4) is 0 Å². The first-order valence-corrected chi connectivity index (χ1v) is 8.43. The van der Waals surface area contributed by atoms with Gasteiger partial charge >= 0.3 is 6.18 Å². The third-order valence-corrected chi connectivity index (χ3v) is 4.28. The second-order valence-corrected chi connectivity index (χ2v) is 6.54. The first-order valence-electron chi connectivity index (χ1n) is 6.95. The van der Waals surface area contributed by atoms with Crippen molar-refractivity contribution in [2.24, 2.45) is 0 Å². The minimum atomic E-state index is -4.89. The maximum atomic E-state index is 13.0. The summed E-state index contributed by atoms with van der Waals surface area (Å²) in [6.45, 7) is -0.688. The van der Waals surface area contributed by atoms with Gasteiger partial charge in [-0.2, -0.15) is 13.2 Å². The first-order chi connectivity index (χ1) is 12.1. The molecule has 2 N–H and O–H groups in total. The topological polar surface area (TPSA) is 84.5 Å². The van der Waals surface area contributed by atoms with E-state index in [0.29, 0.717) is 6.07 Å². The summed E-state index contributed by atoms with van der Waals surface area (Å²) in [6, 6.07) is 8.34. The molecule has 0 aliphatic rings. The number of halogens is 4. The minimum Gasteiger partial charge on any atom is -0.484 e. The summed E-state index contributed by atoms with van der Waals surface area (Å²) in [5, 5.41) is 0. The quantitative estimate of drug-likeness (QED) is 0.583. The lowest BCUT2D eigenvalue weighted by Gasteiger charge is -2.14. The van der Waals surface area contributed by atoms with E-state index in [1.54, 1.807) is 10.3 Å². The molecule has 0 spiro atoms. The monoisotopic (exact) mass is 392 g/mol. The Morgan fingerprint density at radius 3 is 2.42 bits per heavy atom. The Kier molecular flexibility index (Phi) is 5.83. The molecule has 0 radical (unpaired) electrons. The number of hydrogen-bond acceptors (Lipinski definition) is 4. The normalized spacial score (nSPS) is 11.8. The third-order valence-electron chi connectivity index (χ3n) is 2.97. The molecule has 140 valence electrons. The lowest BCUT2D eigenvalue weighted by atomic mass is 10.2. The standard InChI is InChI=1S/C15H12F4N2O4S/c16-10-4-3-5-11(8-10)25-9-14(22)20-21-26(23,24)13-7-2-1-6-12(13)15(17,18)19/h1-8,21H,9H2,(H,20,22). The SMILES string of the molecule is O=C(COc1cccc(F)c1)NNS(=O)(=O)c1ccccc1C(F)(F)F. The number of alkyl halides is 3. The zero-order valence-corrected chi connectivity index (χ0v) is 13.7. The molecule has 0 aliphatic carbocycles. The van der Waals surface area contributed by atoms with Crippen molar-refractivity contribution >= 4 is 15.9 Å². The maximum Gasteiger partial charge on any atom is 0.417 e. The predicted octanol–water partition coefficient (Wildman–Crippen LogP) is 2.23. The summed E-state index contributed by atoms with van der Waals surface area (Å²) < 4.78 is 80.6. The van der Waals surface area contributed by atoms with E-state index in [4.69, 9.17) is 4.74 Å². The third kappa shape index (κ3) is 5.17. The number of hydrogen-bond donors (Lipinski definition) is 2. The van der Waals surface area contributed by atoms with Gasteiger partial charge in [-0.05, 0) is 24.3 Å². The molecule has 6 nitrogen and oxygen atoms in total. The molecule has 26 heavy (non-hydrogen) atoms. The number of ether oxygens (including phenoxy) is 1. The van der Waals surface area contributed by atoms with Crippen molar-refractivity contribution < 1.29 is 35.5 Å². The number of hydrazine groups is 1. The van der Waals surface area contributed by atoms with E-state index in [-0.39, 0.29) is 5.75 Å². The lowest BCUT2D eigenvalue weighted by molar-refractivity contribution is -0.139. The van der Waals surface area contributed by atoms with Gasteiger partial charge in [-0.1, -0.05) is 18.2 Å². The molecule has 0 unspecified atom stereocenters. The van der Waals surface area contributed by atoms with E-state index in [1.165, 1.54) is 12.1 Å². The van der Waals surface area contributed by atoms with Crippen LogP contribution in [0.4, 0.5) is 17.6 Å². The van der Waals surface area contributed by atoms with Crippen LogP contribution < -0.4 is 15.0 Å². The summed E-state index contributed by atoms with van der Waals surface area (Å²) >= 11 is 0.